The van der Waals surface area contributed by atoms with Crippen molar-refractivity contribution in [2.45, 2.75) is 0 Å². The molecule has 0 aliphatic carbocycles. The third kappa shape index (κ3) is 3.83. The monoisotopic (exact) mass is 407 g/mol. The Kier molecular flexibility index (Phi) is 5.26. The van der Waals surface area contributed by atoms with Crippen LogP contribution in [0, 0.1) is 0 Å². The first-order chi connectivity index (χ1) is 14.2. The fourth-order valence-corrected chi connectivity index (χ4v) is 3.54. The van der Waals surface area contributed by atoms with Gasteiger partial charge in [0.15, 0.2) is 11.5 Å². The Bertz CT molecular complexity index is 1140. The van der Waals surface area contributed by atoms with Crippen molar-refractivity contribution < 1.29 is 18.8 Å². The zero-order chi connectivity index (χ0) is 20.2. The Hall–Kier alpha value is -3.65. The van der Waals surface area contributed by atoms with Crippen molar-refractivity contribution in [3.63, 3.8) is 0 Å². The van der Waals surface area contributed by atoms with Gasteiger partial charge in [0.05, 0.1) is 19.9 Å². The standard InChI is InChI=1S/C21H17N3O4S/c1-26-16-9-8-14(12-17(16)27-2)20(25)22-15-10-11-29-18(15)21-23-19(24-28-21)13-6-4-3-5-7-13/h3-12H,1-2H3,(H,22,25). The average molecular weight is 407 g/mol. The van der Waals surface area contributed by atoms with E-state index in [9.17, 15) is 4.79 Å². The van der Waals surface area contributed by atoms with Crippen LogP contribution in [0.1, 0.15) is 10.4 Å². The van der Waals surface area contributed by atoms with E-state index in [1.165, 1.54) is 18.4 Å². The molecule has 0 saturated heterocycles. The highest BCUT2D eigenvalue weighted by molar-refractivity contribution is 7.14. The van der Waals surface area contributed by atoms with Gasteiger partial charge in [-0.1, -0.05) is 35.5 Å². The Morgan fingerprint density at radius 1 is 1.03 bits per heavy atom. The van der Waals surface area contributed by atoms with E-state index in [0.29, 0.717) is 39.3 Å². The molecule has 2 aromatic carbocycles. The molecule has 2 aromatic heterocycles. The third-order valence-corrected chi connectivity index (χ3v) is 5.11. The summed E-state index contributed by atoms with van der Waals surface area (Å²) >= 11 is 1.41. The minimum Gasteiger partial charge on any atom is -0.493 e. The molecule has 0 atom stereocenters. The first-order valence-corrected chi connectivity index (χ1v) is 9.58. The normalized spacial score (nSPS) is 10.6. The molecule has 146 valence electrons. The summed E-state index contributed by atoms with van der Waals surface area (Å²) in [6.45, 7) is 0. The number of carbonyl (C=O) groups is 1. The molecule has 0 bridgehead atoms. The van der Waals surface area contributed by atoms with Gasteiger partial charge in [0.25, 0.3) is 11.8 Å². The van der Waals surface area contributed by atoms with Gasteiger partial charge in [-0.25, -0.2) is 0 Å². The molecule has 1 amide bonds. The topological polar surface area (TPSA) is 86.5 Å². The maximum Gasteiger partial charge on any atom is 0.270 e. The van der Waals surface area contributed by atoms with Crippen LogP contribution < -0.4 is 14.8 Å². The third-order valence-electron chi connectivity index (χ3n) is 4.21. The molecule has 4 aromatic rings. The summed E-state index contributed by atoms with van der Waals surface area (Å²) < 4.78 is 15.9. The van der Waals surface area contributed by atoms with E-state index in [2.05, 4.69) is 15.5 Å². The highest BCUT2D eigenvalue weighted by Gasteiger charge is 2.18. The number of benzene rings is 2. The lowest BCUT2D eigenvalue weighted by Gasteiger charge is -2.10. The summed E-state index contributed by atoms with van der Waals surface area (Å²) in [6, 6.07) is 16.3. The molecular weight excluding hydrogens is 390 g/mol. The van der Waals surface area contributed by atoms with Crippen LogP contribution >= 0.6 is 11.3 Å². The Balaban J connectivity index is 1.57. The van der Waals surface area contributed by atoms with Crippen LogP contribution in [0.5, 0.6) is 11.5 Å². The van der Waals surface area contributed by atoms with Crippen LogP contribution in [0.15, 0.2) is 64.5 Å². The fourth-order valence-electron chi connectivity index (χ4n) is 2.77. The summed E-state index contributed by atoms with van der Waals surface area (Å²) in [7, 11) is 3.07. The van der Waals surface area contributed by atoms with E-state index in [4.69, 9.17) is 14.0 Å². The van der Waals surface area contributed by atoms with Crippen molar-refractivity contribution >= 4 is 22.9 Å². The first kappa shape index (κ1) is 18.7. The van der Waals surface area contributed by atoms with Gasteiger partial charge in [0.2, 0.25) is 5.82 Å². The number of nitrogens with zero attached hydrogens (tertiary/aromatic N) is 2. The Morgan fingerprint density at radius 3 is 2.59 bits per heavy atom. The van der Waals surface area contributed by atoms with E-state index >= 15 is 0 Å². The highest BCUT2D eigenvalue weighted by Crippen LogP contribution is 2.34. The Morgan fingerprint density at radius 2 is 1.83 bits per heavy atom. The van der Waals surface area contributed by atoms with Crippen molar-refractivity contribution in [3.8, 4) is 33.7 Å². The minimum atomic E-state index is -0.284. The Labute approximate surface area is 170 Å². The molecule has 0 aliphatic rings. The van der Waals surface area contributed by atoms with Gasteiger partial charge >= 0.3 is 0 Å². The van der Waals surface area contributed by atoms with Gasteiger partial charge in [0, 0.05) is 11.1 Å². The van der Waals surface area contributed by atoms with Gasteiger partial charge in [-0.2, -0.15) is 4.98 Å². The summed E-state index contributed by atoms with van der Waals surface area (Å²) in [5.74, 6) is 1.59. The number of methoxy groups -OCH3 is 2. The van der Waals surface area contributed by atoms with Gasteiger partial charge < -0.3 is 19.3 Å². The lowest BCUT2D eigenvalue weighted by Crippen LogP contribution is -2.12. The van der Waals surface area contributed by atoms with Crippen LogP contribution in [0.2, 0.25) is 0 Å². The molecule has 0 saturated carbocycles. The average Bonchev–Trinajstić information content (AvgIpc) is 3.43. The molecule has 2 heterocycles. The van der Waals surface area contributed by atoms with E-state index in [1.807, 2.05) is 35.7 Å². The molecule has 0 fully saturated rings. The second-order valence-electron chi connectivity index (χ2n) is 5.98. The van der Waals surface area contributed by atoms with Gasteiger partial charge in [-0.3, -0.25) is 4.79 Å². The SMILES string of the molecule is COc1ccc(C(=O)Nc2ccsc2-c2nc(-c3ccccc3)no2)cc1OC. The van der Waals surface area contributed by atoms with E-state index in [0.717, 1.165) is 5.56 Å². The zero-order valence-corrected chi connectivity index (χ0v) is 16.5. The zero-order valence-electron chi connectivity index (χ0n) is 15.7. The van der Waals surface area contributed by atoms with Gasteiger partial charge in [0.1, 0.15) is 4.88 Å². The number of hydrogen-bond donors (Lipinski definition) is 1. The number of hydrogen-bond acceptors (Lipinski definition) is 7. The fraction of sp³-hybridized carbons (Fsp3) is 0.0952. The van der Waals surface area contributed by atoms with Crippen LogP contribution in [0.3, 0.4) is 0 Å². The lowest BCUT2D eigenvalue weighted by atomic mass is 10.2. The van der Waals surface area contributed by atoms with Crippen molar-refractivity contribution in [2.75, 3.05) is 19.5 Å². The predicted octanol–water partition coefficient (Wildman–Crippen LogP) is 4.73. The smallest absolute Gasteiger partial charge is 0.270 e. The number of rotatable bonds is 6. The molecule has 29 heavy (non-hydrogen) atoms. The van der Waals surface area contributed by atoms with E-state index in [1.54, 1.807) is 31.4 Å². The number of thiophene rings is 1. The van der Waals surface area contributed by atoms with Gasteiger partial charge in [-0.05, 0) is 29.6 Å². The number of anilines is 1. The second kappa shape index (κ2) is 8.15. The first-order valence-electron chi connectivity index (χ1n) is 8.70. The van der Waals surface area contributed by atoms with E-state index in [-0.39, 0.29) is 5.91 Å². The second-order valence-corrected chi connectivity index (χ2v) is 6.89. The largest absolute Gasteiger partial charge is 0.493 e. The van der Waals surface area contributed by atoms with Crippen LogP contribution in [0.4, 0.5) is 5.69 Å². The molecule has 8 heteroatoms. The molecule has 0 unspecified atom stereocenters. The quantitative estimate of drug-likeness (QED) is 0.497. The number of carbonyl (C=O) groups excluding carboxylic acids is 1. The molecule has 1 N–H and O–H groups in total. The van der Waals surface area contributed by atoms with Crippen molar-refractivity contribution in [3.05, 3.63) is 65.5 Å². The molecule has 4 rings (SSSR count). The summed E-state index contributed by atoms with van der Waals surface area (Å²) in [4.78, 5) is 17.9. The molecule has 0 radical (unpaired) electrons. The number of amides is 1. The van der Waals surface area contributed by atoms with Crippen LogP contribution in [-0.4, -0.2) is 30.3 Å². The predicted molar refractivity (Wildman–Crippen MR) is 111 cm³/mol. The van der Waals surface area contributed by atoms with Crippen molar-refractivity contribution in [1.29, 1.82) is 0 Å². The highest BCUT2D eigenvalue weighted by atomic mass is 32.1. The number of ether oxygens (including phenoxy) is 2. The molecular formula is C21H17N3O4S. The molecule has 0 spiro atoms. The number of nitrogens with one attached hydrogen (secondary N) is 1. The summed E-state index contributed by atoms with van der Waals surface area (Å²) in [5, 5.41) is 8.78. The van der Waals surface area contributed by atoms with Crippen LogP contribution in [0.25, 0.3) is 22.2 Å². The molecule has 0 aliphatic heterocycles. The molecule has 7 nitrogen and oxygen atoms in total. The minimum absolute atomic E-state index is 0.284. The maximum absolute atomic E-state index is 12.7. The summed E-state index contributed by atoms with van der Waals surface area (Å²) in [6.07, 6.45) is 0. The maximum atomic E-state index is 12.7. The number of aromatic nitrogens is 2. The van der Waals surface area contributed by atoms with Crippen LogP contribution in [-0.2, 0) is 0 Å². The van der Waals surface area contributed by atoms with Gasteiger partial charge in [-0.15, -0.1) is 11.3 Å². The lowest BCUT2D eigenvalue weighted by molar-refractivity contribution is 0.102. The van der Waals surface area contributed by atoms with Crippen molar-refractivity contribution in [2.24, 2.45) is 0 Å². The summed E-state index contributed by atoms with van der Waals surface area (Å²) in [5.41, 5.74) is 1.89. The van der Waals surface area contributed by atoms with E-state index < -0.39 is 0 Å². The van der Waals surface area contributed by atoms with Crippen molar-refractivity contribution in [1.82, 2.24) is 10.1 Å².